The van der Waals surface area contributed by atoms with Gasteiger partial charge in [0.2, 0.25) is 0 Å². The van der Waals surface area contributed by atoms with E-state index in [9.17, 15) is 9.18 Å². The number of nitrogens with one attached hydrogen (secondary N) is 2. The van der Waals surface area contributed by atoms with E-state index in [-0.39, 0.29) is 18.7 Å². The second-order valence-corrected chi connectivity index (χ2v) is 6.80. The van der Waals surface area contributed by atoms with Gasteiger partial charge in [-0.1, -0.05) is 12.1 Å². The van der Waals surface area contributed by atoms with Crippen LogP contribution in [0.25, 0.3) is 0 Å². The van der Waals surface area contributed by atoms with E-state index in [1.54, 1.807) is 12.1 Å². The van der Waals surface area contributed by atoms with Crippen LogP contribution in [0.1, 0.15) is 17.5 Å². The average molecular weight is 346 g/mol. The number of aliphatic carboxylic acids is 1. The lowest BCUT2D eigenvalue weighted by Gasteiger charge is -2.18. The maximum absolute atomic E-state index is 14.0. The topological polar surface area (TPSA) is 61.4 Å². The zero-order valence-corrected chi connectivity index (χ0v) is 14.0. The molecule has 24 heavy (non-hydrogen) atoms. The second-order valence-electron chi connectivity index (χ2n) is 5.66. The lowest BCUT2D eigenvalue weighted by molar-refractivity contribution is -0.136. The van der Waals surface area contributed by atoms with E-state index in [1.807, 2.05) is 11.8 Å². The fraction of sp³-hybridized carbons (Fsp3) is 0.278. The van der Waals surface area contributed by atoms with Crippen LogP contribution >= 0.6 is 11.8 Å². The van der Waals surface area contributed by atoms with Gasteiger partial charge in [-0.2, -0.15) is 0 Å². The van der Waals surface area contributed by atoms with Gasteiger partial charge < -0.3 is 15.7 Å². The van der Waals surface area contributed by atoms with Crippen molar-refractivity contribution < 1.29 is 14.3 Å². The Morgan fingerprint density at radius 2 is 2.17 bits per heavy atom. The van der Waals surface area contributed by atoms with Crippen molar-refractivity contribution >= 4 is 29.1 Å². The predicted octanol–water partition coefficient (Wildman–Crippen LogP) is 3.97. The standard InChI is InChI=1S/C18H19FN2O2S/c19-15-10-14(4-2-13(15)3-6-18(22)23)21-11-12-1-5-17-16(9-12)20-7-8-24-17/h1-2,4-5,9-10,20-21H,3,6-8,11H2,(H,22,23). The van der Waals surface area contributed by atoms with Crippen molar-refractivity contribution in [1.82, 2.24) is 0 Å². The van der Waals surface area contributed by atoms with Crippen LogP contribution in [0.15, 0.2) is 41.3 Å². The second kappa shape index (κ2) is 7.57. The third-order valence-corrected chi connectivity index (χ3v) is 4.95. The van der Waals surface area contributed by atoms with Crippen molar-refractivity contribution in [2.45, 2.75) is 24.3 Å². The maximum Gasteiger partial charge on any atom is 0.303 e. The summed E-state index contributed by atoms with van der Waals surface area (Å²) in [6.45, 7) is 1.57. The van der Waals surface area contributed by atoms with E-state index in [4.69, 9.17) is 5.11 Å². The van der Waals surface area contributed by atoms with Crippen molar-refractivity contribution in [2.24, 2.45) is 0 Å². The molecule has 1 heterocycles. The first-order valence-corrected chi connectivity index (χ1v) is 8.84. The minimum absolute atomic E-state index is 0.0656. The molecule has 0 radical (unpaired) electrons. The summed E-state index contributed by atoms with van der Waals surface area (Å²) in [4.78, 5) is 11.8. The van der Waals surface area contributed by atoms with Crippen LogP contribution in [-0.4, -0.2) is 23.4 Å². The number of rotatable bonds is 6. The van der Waals surface area contributed by atoms with Crippen molar-refractivity contribution in [3.8, 4) is 0 Å². The Bertz CT molecular complexity index is 752. The number of carboxylic acid groups (broad SMARTS) is 1. The highest BCUT2D eigenvalue weighted by Crippen LogP contribution is 2.31. The normalized spacial score (nSPS) is 13.0. The average Bonchev–Trinajstić information content (AvgIpc) is 2.59. The van der Waals surface area contributed by atoms with Gasteiger partial charge in [0.05, 0.1) is 0 Å². The number of hydrogen-bond acceptors (Lipinski definition) is 4. The number of carbonyl (C=O) groups is 1. The maximum atomic E-state index is 14.0. The Labute approximate surface area is 144 Å². The van der Waals surface area contributed by atoms with Crippen LogP contribution in [0.4, 0.5) is 15.8 Å². The number of carboxylic acids is 1. The molecule has 0 saturated heterocycles. The van der Waals surface area contributed by atoms with Crippen LogP contribution in [0.5, 0.6) is 0 Å². The van der Waals surface area contributed by atoms with Gasteiger partial charge in [0.25, 0.3) is 0 Å². The molecule has 1 aliphatic rings. The highest BCUT2D eigenvalue weighted by molar-refractivity contribution is 7.99. The molecule has 2 aromatic carbocycles. The van der Waals surface area contributed by atoms with Gasteiger partial charge in [0, 0.05) is 41.5 Å². The van der Waals surface area contributed by atoms with Crippen molar-refractivity contribution in [2.75, 3.05) is 22.9 Å². The predicted molar refractivity (Wildman–Crippen MR) is 95.3 cm³/mol. The first-order valence-electron chi connectivity index (χ1n) is 7.85. The third kappa shape index (κ3) is 4.20. The Balaban J connectivity index is 1.62. The van der Waals surface area contributed by atoms with E-state index < -0.39 is 5.97 Å². The zero-order valence-electron chi connectivity index (χ0n) is 13.1. The van der Waals surface area contributed by atoms with E-state index in [0.29, 0.717) is 17.8 Å². The van der Waals surface area contributed by atoms with Crippen LogP contribution < -0.4 is 10.6 Å². The summed E-state index contributed by atoms with van der Waals surface area (Å²) in [5.74, 6) is -0.210. The summed E-state index contributed by atoms with van der Waals surface area (Å²) in [6, 6.07) is 11.1. The fourth-order valence-electron chi connectivity index (χ4n) is 2.60. The summed E-state index contributed by atoms with van der Waals surface area (Å²) in [6.07, 6.45) is 0.138. The van der Waals surface area contributed by atoms with E-state index >= 15 is 0 Å². The molecule has 0 spiro atoms. The molecule has 0 aromatic heterocycles. The lowest BCUT2D eigenvalue weighted by atomic mass is 10.1. The highest BCUT2D eigenvalue weighted by Gasteiger charge is 2.10. The van der Waals surface area contributed by atoms with E-state index in [0.717, 1.165) is 23.5 Å². The Morgan fingerprint density at radius 1 is 1.29 bits per heavy atom. The van der Waals surface area contributed by atoms with Crippen LogP contribution in [0.3, 0.4) is 0 Å². The molecule has 6 heteroatoms. The molecular formula is C18H19FN2O2S. The molecular weight excluding hydrogens is 327 g/mol. The lowest BCUT2D eigenvalue weighted by Crippen LogP contribution is -2.11. The Hall–Kier alpha value is -2.21. The van der Waals surface area contributed by atoms with Crippen LogP contribution in [0.2, 0.25) is 0 Å². The van der Waals surface area contributed by atoms with Gasteiger partial charge in [0.1, 0.15) is 5.82 Å². The number of halogens is 1. The summed E-state index contributed by atoms with van der Waals surface area (Å²) >= 11 is 1.85. The number of fused-ring (bicyclic) bond motifs is 1. The zero-order chi connectivity index (χ0) is 16.9. The molecule has 1 aliphatic heterocycles. The van der Waals surface area contributed by atoms with Gasteiger partial charge >= 0.3 is 5.97 Å². The van der Waals surface area contributed by atoms with Gasteiger partial charge in [-0.05, 0) is 41.8 Å². The minimum atomic E-state index is -0.921. The molecule has 4 nitrogen and oxygen atoms in total. The van der Waals surface area contributed by atoms with E-state index in [2.05, 4.69) is 28.8 Å². The molecule has 0 amide bonds. The molecule has 3 N–H and O–H groups in total. The quantitative estimate of drug-likeness (QED) is 0.739. The summed E-state index contributed by atoms with van der Waals surface area (Å²) in [5, 5.41) is 15.3. The number of anilines is 2. The first kappa shape index (κ1) is 16.6. The van der Waals surface area contributed by atoms with E-state index in [1.165, 1.54) is 11.0 Å². The van der Waals surface area contributed by atoms with Gasteiger partial charge in [-0.25, -0.2) is 4.39 Å². The molecule has 0 aliphatic carbocycles. The van der Waals surface area contributed by atoms with Crippen molar-refractivity contribution in [3.05, 3.63) is 53.3 Å². The molecule has 0 saturated carbocycles. The molecule has 0 unspecified atom stereocenters. The molecule has 3 rings (SSSR count). The highest BCUT2D eigenvalue weighted by atomic mass is 32.2. The Kier molecular flexibility index (Phi) is 5.25. The van der Waals surface area contributed by atoms with Gasteiger partial charge in [0.15, 0.2) is 0 Å². The summed E-state index contributed by atoms with van der Waals surface area (Å²) in [5.41, 5.74) is 3.39. The summed E-state index contributed by atoms with van der Waals surface area (Å²) < 4.78 is 14.0. The number of aryl methyl sites for hydroxylation is 1. The van der Waals surface area contributed by atoms with Crippen LogP contribution in [0, 0.1) is 5.82 Å². The SMILES string of the molecule is O=C(O)CCc1ccc(NCc2ccc3c(c2)NCCS3)cc1F. The first-order chi connectivity index (χ1) is 11.6. The molecule has 0 bridgehead atoms. The monoisotopic (exact) mass is 346 g/mol. The fourth-order valence-corrected chi connectivity index (χ4v) is 3.48. The Morgan fingerprint density at radius 3 is 2.96 bits per heavy atom. The number of thioether (sulfide) groups is 1. The largest absolute Gasteiger partial charge is 0.481 e. The van der Waals surface area contributed by atoms with Gasteiger partial charge in [-0.15, -0.1) is 11.8 Å². The van der Waals surface area contributed by atoms with Crippen molar-refractivity contribution in [1.29, 1.82) is 0 Å². The van der Waals surface area contributed by atoms with Crippen LogP contribution in [-0.2, 0) is 17.8 Å². The smallest absolute Gasteiger partial charge is 0.303 e. The molecule has 0 fully saturated rings. The third-order valence-electron chi connectivity index (χ3n) is 3.88. The minimum Gasteiger partial charge on any atom is -0.481 e. The summed E-state index contributed by atoms with van der Waals surface area (Å²) in [7, 11) is 0. The number of hydrogen-bond donors (Lipinski definition) is 3. The molecule has 126 valence electrons. The molecule has 0 atom stereocenters. The van der Waals surface area contributed by atoms with Crippen molar-refractivity contribution in [3.63, 3.8) is 0 Å². The van der Waals surface area contributed by atoms with Gasteiger partial charge in [-0.3, -0.25) is 4.79 Å². The molecule has 2 aromatic rings. The number of benzene rings is 2.